The molecule has 1 heterocycles. The maximum absolute atomic E-state index is 5.69. The van der Waals surface area contributed by atoms with Crippen LogP contribution in [0.15, 0.2) is 0 Å². The third-order valence-corrected chi connectivity index (χ3v) is 3.03. The monoisotopic (exact) mass is 139 g/mol. The second kappa shape index (κ2) is 1.56. The Hall–Kier alpha value is -0.0800. The van der Waals surface area contributed by atoms with Crippen molar-refractivity contribution < 1.29 is 4.74 Å². The maximum Gasteiger partial charge on any atom is 0.0745 e. The zero-order chi connectivity index (χ0) is 6.60. The summed E-state index contributed by atoms with van der Waals surface area (Å²) in [4.78, 5) is 0. The van der Waals surface area contributed by atoms with Crippen molar-refractivity contribution in [3.63, 3.8) is 0 Å². The first-order valence-corrected chi connectivity index (χ1v) is 4.23. The molecule has 3 aliphatic rings. The molecule has 2 aliphatic carbocycles. The molecule has 2 heteroatoms. The molecule has 0 aromatic carbocycles. The predicted molar refractivity (Wildman–Crippen MR) is 37.8 cm³/mol. The molecule has 56 valence electrons. The molecule has 2 saturated carbocycles. The van der Waals surface area contributed by atoms with E-state index in [9.17, 15) is 0 Å². The Bertz CT molecular complexity index is 151. The van der Waals surface area contributed by atoms with Crippen LogP contribution in [0.4, 0.5) is 0 Å². The summed E-state index contributed by atoms with van der Waals surface area (Å²) in [6.45, 7) is 2.25. The fourth-order valence-electron chi connectivity index (χ4n) is 1.75. The summed E-state index contributed by atoms with van der Waals surface area (Å²) >= 11 is 0. The van der Waals surface area contributed by atoms with E-state index in [2.05, 4.69) is 5.32 Å². The van der Waals surface area contributed by atoms with Crippen LogP contribution < -0.4 is 5.32 Å². The lowest BCUT2D eigenvalue weighted by Crippen LogP contribution is -2.25. The largest absolute Gasteiger partial charge is 0.376 e. The molecule has 0 amide bonds. The normalized spacial score (nSPS) is 48.0. The fraction of sp³-hybridized carbons (Fsp3) is 1.00. The first kappa shape index (κ1) is 5.56. The molecule has 2 atom stereocenters. The fourth-order valence-corrected chi connectivity index (χ4v) is 1.75. The summed E-state index contributed by atoms with van der Waals surface area (Å²) in [7, 11) is 0. The molecule has 1 aliphatic heterocycles. The lowest BCUT2D eigenvalue weighted by molar-refractivity contribution is 0.0888. The van der Waals surface area contributed by atoms with Crippen LogP contribution in [0.25, 0.3) is 0 Å². The Labute approximate surface area is 60.9 Å². The summed E-state index contributed by atoms with van der Waals surface area (Å²) in [6, 6.07) is 0.722. The number of ether oxygens (including phenoxy) is 1. The average molecular weight is 139 g/mol. The van der Waals surface area contributed by atoms with Crippen LogP contribution >= 0.6 is 0 Å². The van der Waals surface area contributed by atoms with E-state index in [1.807, 2.05) is 0 Å². The summed E-state index contributed by atoms with van der Waals surface area (Å²) in [5, 5.41) is 3.55. The van der Waals surface area contributed by atoms with Gasteiger partial charge in [0.25, 0.3) is 0 Å². The lowest BCUT2D eigenvalue weighted by Gasteiger charge is -2.10. The zero-order valence-electron chi connectivity index (χ0n) is 6.10. The third kappa shape index (κ3) is 0.722. The molecule has 1 saturated heterocycles. The minimum absolute atomic E-state index is 0.583. The standard InChI is InChI=1S/C8H13NO/c1-2-8(1)4-9-6-3-7(6)10-5-8/h6-7,9H,1-5H2. The van der Waals surface area contributed by atoms with Crippen molar-refractivity contribution in [2.45, 2.75) is 31.4 Å². The van der Waals surface area contributed by atoms with E-state index < -0.39 is 0 Å². The van der Waals surface area contributed by atoms with E-state index in [-0.39, 0.29) is 0 Å². The first-order chi connectivity index (χ1) is 4.88. The summed E-state index contributed by atoms with van der Waals surface area (Å²) in [5.74, 6) is 0. The molecule has 3 rings (SSSR count). The van der Waals surface area contributed by atoms with Crippen molar-refractivity contribution in [1.82, 2.24) is 5.32 Å². The van der Waals surface area contributed by atoms with Gasteiger partial charge in [0.1, 0.15) is 0 Å². The van der Waals surface area contributed by atoms with Gasteiger partial charge in [-0.3, -0.25) is 0 Å². The molecule has 0 radical (unpaired) electrons. The first-order valence-electron chi connectivity index (χ1n) is 4.23. The minimum Gasteiger partial charge on any atom is -0.376 e. The molecule has 10 heavy (non-hydrogen) atoms. The van der Waals surface area contributed by atoms with Gasteiger partial charge < -0.3 is 10.1 Å². The minimum atomic E-state index is 0.583. The number of hydrogen-bond donors (Lipinski definition) is 1. The lowest BCUT2D eigenvalue weighted by atomic mass is 10.1. The second-order valence-electron chi connectivity index (χ2n) is 4.07. The van der Waals surface area contributed by atoms with Gasteiger partial charge in [-0.05, 0) is 19.3 Å². The topological polar surface area (TPSA) is 21.3 Å². The van der Waals surface area contributed by atoms with Crippen molar-refractivity contribution in [2.75, 3.05) is 13.2 Å². The van der Waals surface area contributed by atoms with E-state index in [1.54, 1.807) is 0 Å². The summed E-state index contributed by atoms with van der Waals surface area (Å²) in [6.07, 6.45) is 4.62. The molecule has 2 nitrogen and oxygen atoms in total. The predicted octanol–water partition coefficient (Wildman–Crippen LogP) is 0.527. The highest BCUT2D eigenvalue weighted by Crippen LogP contribution is 2.48. The molecule has 0 aromatic rings. The van der Waals surface area contributed by atoms with Gasteiger partial charge in [-0.2, -0.15) is 0 Å². The second-order valence-corrected chi connectivity index (χ2v) is 4.07. The van der Waals surface area contributed by atoms with E-state index in [1.165, 1.54) is 25.8 Å². The molecular weight excluding hydrogens is 126 g/mol. The highest BCUT2D eigenvalue weighted by atomic mass is 16.5. The van der Waals surface area contributed by atoms with Crippen LogP contribution in [0, 0.1) is 5.41 Å². The van der Waals surface area contributed by atoms with Crippen LogP contribution in [0.3, 0.4) is 0 Å². The molecule has 0 bridgehead atoms. The Morgan fingerprint density at radius 2 is 2.30 bits per heavy atom. The highest BCUT2D eigenvalue weighted by Gasteiger charge is 2.50. The summed E-state index contributed by atoms with van der Waals surface area (Å²) < 4.78 is 5.69. The van der Waals surface area contributed by atoms with Gasteiger partial charge in [0.15, 0.2) is 0 Å². The SMILES string of the molecule is C1C2NCC3(CC3)COC12. The molecule has 0 aromatic heterocycles. The molecular formula is C8H13NO. The number of fused-ring (bicyclic) bond motifs is 1. The molecule has 2 unspecified atom stereocenters. The number of rotatable bonds is 0. The van der Waals surface area contributed by atoms with Crippen LogP contribution in [0.2, 0.25) is 0 Å². The Morgan fingerprint density at radius 1 is 1.40 bits per heavy atom. The van der Waals surface area contributed by atoms with E-state index in [4.69, 9.17) is 4.74 Å². The van der Waals surface area contributed by atoms with Crippen LogP contribution in [0.5, 0.6) is 0 Å². The van der Waals surface area contributed by atoms with E-state index >= 15 is 0 Å². The quantitative estimate of drug-likeness (QED) is 0.528. The van der Waals surface area contributed by atoms with Crippen molar-refractivity contribution in [1.29, 1.82) is 0 Å². The van der Waals surface area contributed by atoms with Crippen molar-refractivity contribution in [2.24, 2.45) is 5.41 Å². The van der Waals surface area contributed by atoms with Crippen molar-refractivity contribution in [3.8, 4) is 0 Å². The van der Waals surface area contributed by atoms with Crippen LogP contribution in [-0.4, -0.2) is 25.3 Å². The van der Waals surface area contributed by atoms with Gasteiger partial charge in [0.05, 0.1) is 12.7 Å². The van der Waals surface area contributed by atoms with Gasteiger partial charge in [0.2, 0.25) is 0 Å². The van der Waals surface area contributed by atoms with Gasteiger partial charge >= 0.3 is 0 Å². The maximum atomic E-state index is 5.69. The number of hydrogen-bond acceptors (Lipinski definition) is 2. The summed E-state index contributed by atoms with van der Waals surface area (Å²) in [5.41, 5.74) is 0.591. The van der Waals surface area contributed by atoms with E-state index in [0.29, 0.717) is 11.5 Å². The highest BCUT2D eigenvalue weighted by molar-refractivity contribution is 5.04. The van der Waals surface area contributed by atoms with E-state index in [0.717, 1.165) is 12.6 Å². The van der Waals surface area contributed by atoms with Crippen molar-refractivity contribution in [3.05, 3.63) is 0 Å². The van der Waals surface area contributed by atoms with Crippen LogP contribution in [-0.2, 0) is 4.74 Å². The Balaban J connectivity index is 1.73. The van der Waals surface area contributed by atoms with Gasteiger partial charge in [-0.25, -0.2) is 0 Å². The van der Waals surface area contributed by atoms with Gasteiger partial charge in [0, 0.05) is 18.0 Å². The zero-order valence-corrected chi connectivity index (χ0v) is 6.10. The Kier molecular flexibility index (Phi) is 0.868. The molecule has 1 N–H and O–H groups in total. The molecule has 3 fully saturated rings. The van der Waals surface area contributed by atoms with Gasteiger partial charge in [-0.15, -0.1) is 0 Å². The number of nitrogens with one attached hydrogen (secondary N) is 1. The third-order valence-electron chi connectivity index (χ3n) is 3.03. The van der Waals surface area contributed by atoms with Gasteiger partial charge in [-0.1, -0.05) is 0 Å². The smallest absolute Gasteiger partial charge is 0.0745 e. The Morgan fingerprint density at radius 3 is 3.10 bits per heavy atom. The molecule has 1 spiro atoms. The van der Waals surface area contributed by atoms with Crippen molar-refractivity contribution >= 4 is 0 Å². The average Bonchev–Trinajstić information content (AvgIpc) is 2.81. The van der Waals surface area contributed by atoms with Crippen LogP contribution in [0.1, 0.15) is 19.3 Å².